The molecule has 1 aromatic carbocycles. The van der Waals surface area contributed by atoms with Crippen molar-refractivity contribution >= 4 is 15.9 Å². The van der Waals surface area contributed by atoms with E-state index in [9.17, 15) is 13.2 Å². The van der Waals surface area contributed by atoms with Gasteiger partial charge in [0, 0.05) is 5.56 Å². The average molecular weight is 228 g/mol. The van der Waals surface area contributed by atoms with Crippen molar-refractivity contribution in [2.24, 2.45) is 0 Å². The molecule has 82 valence electrons. The SMILES string of the molecule is CS(=O)(=O)NCNC(=O)c1ccccc1. The predicted molar refractivity (Wildman–Crippen MR) is 56.8 cm³/mol. The van der Waals surface area contributed by atoms with E-state index >= 15 is 0 Å². The normalized spacial score (nSPS) is 11.0. The van der Waals surface area contributed by atoms with Crippen molar-refractivity contribution < 1.29 is 13.2 Å². The van der Waals surface area contributed by atoms with Crippen LogP contribution < -0.4 is 10.0 Å². The Bertz CT molecular complexity index is 428. The minimum Gasteiger partial charge on any atom is -0.338 e. The smallest absolute Gasteiger partial charge is 0.252 e. The third kappa shape index (κ3) is 4.57. The number of nitrogens with one attached hydrogen (secondary N) is 2. The van der Waals surface area contributed by atoms with E-state index in [1.807, 2.05) is 0 Å². The molecule has 0 aliphatic heterocycles. The van der Waals surface area contributed by atoms with Gasteiger partial charge in [-0.15, -0.1) is 0 Å². The Kier molecular flexibility index (Phi) is 3.81. The molecular weight excluding hydrogens is 216 g/mol. The average Bonchev–Trinajstić information content (AvgIpc) is 2.17. The maximum Gasteiger partial charge on any atom is 0.252 e. The van der Waals surface area contributed by atoms with Crippen LogP contribution >= 0.6 is 0 Å². The molecule has 0 unspecified atom stereocenters. The van der Waals surface area contributed by atoms with Crippen LogP contribution in [-0.2, 0) is 10.0 Å². The highest BCUT2D eigenvalue weighted by molar-refractivity contribution is 7.88. The molecule has 6 heteroatoms. The second kappa shape index (κ2) is 4.90. The summed E-state index contributed by atoms with van der Waals surface area (Å²) in [6, 6.07) is 8.56. The van der Waals surface area contributed by atoms with Crippen LogP contribution in [0.1, 0.15) is 10.4 Å². The van der Waals surface area contributed by atoms with Crippen molar-refractivity contribution in [3.63, 3.8) is 0 Å². The highest BCUT2D eigenvalue weighted by Crippen LogP contribution is 1.96. The summed E-state index contributed by atoms with van der Waals surface area (Å²) in [5, 5.41) is 2.43. The lowest BCUT2D eigenvalue weighted by Gasteiger charge is -2.04. The van der Waals surface area contributed by atoms with Gasteiger partial charge in [0.2, 0.25) is 10.0 Å². The van der Waals surface area contributed by atoms with Crippen molar-refractivity contribution in [3.05, 3.63) is 35.9 Å². The van der Waals surface area contributed by atoms with E-state index in [1.54, 1.807) is 30.3 Å². The summed E-state index contributed by atoms with van der Waals surface area (Å²) in [5.41, 5.74) is 0.493. The van der Waals surface area contributed by atoms with Crippen molar-refractivity contribution in [2.75, 3.05) is 12.9 Å². The molecule has 0 aromatic heterocycles. The second-order valence-electron chi connectivity index (χ2n) is 2.97. The first-order valence-corrected chi connectivity index (χ1v) is 6.16. The van der Waals surface area contributed by atoms with Crippen molar-refractivity contribution in [2.45, 2.75) is 0 Å². The first-order chi connectivity index (χ1) is 6.99. The number of carbonyl (C=O) groups excluding carboxylic acids is 1. The lowest BCUT2D eigenvalue weighted by atomic mass is 10.2. The van der Waals surface area contributed by atoms with Crippen molar-refractivity contribution in [3.8, 4) is 0 Å². The van der Waals surface area contributed by atoms with Crippen LogP contribution in [0.5, 0.6) is 0 Å². The molecule has 0 saturated heterocycles. The van der Waals surface area contributed by atoms with Crippen molar-refractivity contribution in [1.82, 2.24) is 10.0 Å². The van der Waals surface area contributed by atoms with Gasteiger partial charge in [0.1, 0.15) is 0 Å². The number of benzene rings is 1. The number of hydrogen-bond acceptors (Lipinski definition) is 3. The Balaban J connectivity index is 2.45. The number of sulfonamides is 1. The Labute approximate surface area is 88.5 Å². The fourth-order valence-electron chi connectivity index (χ4n) is 0.939. The molecule has 0 saturated carbocycles. The molecule has 1 aromatic rings. The summed E-state index contributed by atoms with van der Waals surface area (Å²) < 4.78 is 23.5. The summed E-state index contributed by atoms with van der Waals surface area (Å²) in [6.07, 6.45) is 1.03. The molecule has 0 aliphatic carbocycles. The molecule has 5 nitrogen and oxygen atoms in total. The maximum atomic E-state index is 11.4. The number of amides is 1. The van der Waals surface area contributed by atoms with E-state index in [2.05, 4.69) is 10.0 Å². The van der Waals surface area contributed by atoms with Crippen molar-refractivity contribution in [1.29, 1.82) is 0 Å². The van der Waals surface area contributed by atoms with Crippen LogP contribution in [-0.4, -0.2) is 27.2 Å². The third-order valence-electron chi connectivity index (χ3n) is 1.62. The lowest BCUT2D eigenvalue weighted by molar-refractivity contribution is 0.0953. The Morgan fingerprint density at radius 2 is 1.87 bits per heavy atom. The van der Waals surface area contributed by atoms with E-state index in [1.165, 1.54) is 0 Å². The molecule has 1 rings (SSSR count). The van der Waals surface area contributed by atoms with E-state index in [0.29, 0.717) is 5.56 Å². The molecule has 0 atom stereocenters. The molecule has 0 heterocycles. The molecule has 0 fully saturated rings. The van der Waals surface area contributed by atoms with Crippen LogP contribution in [0.4, 0.5) is 0 Å². The standard InChI is InChI=1S/C9H12N2O3S/c1-15(13,14)11-7-10-9(12)8-5-3-2-4-6-8/h2-6,11H,7H2,1H3,(H,10,12). The molecule has 0 bridgehead atoms. The van der Waals surface area contributed by atoms with Crippen LogP contribution in [0.15, 0.2) is 30.3 Å². The Hall–Kier alpha value is -1.40. The highest BCUT2D eigenvalue weighted by Gasteiger charge is 2.04. The summed E-state index contributed by atoms with van der Waals surface area (Å²) in [6.45, 7) is -0.105. The Morgan fingerprint density at radius 3 is 2.40 bits per heavy atom. The van der Waals surface area contributed by atoms with Gasteiger partial charge in [0.25, 0.3) is 5.91 Å². The third-order valence-corrected chi connectivity index (χ3v) is 2.29. The zero-order chi connectivity index (χ0) is 11.3. The van der Waals surface area contributed by atoms with Crippen LogP contribution in [0, 0.1) is 0 Å². The van der Waals surface area contributed by atoms with Gasteiger partial charge in [-0.3, -0.25) is 4.79 Å². The molecule has 2 N–H and O–H groups in total. The van der Waals surface area contributed by atoms with Gasteiger partial charge in [0.05, 0.1) is 12.9 Å². The molecule has 1 amide bonds. The first-order valence-electron chi connectivity index (χ1n) is 4.27. The number of hydrogen-bond donors (Lipinski definition) is 2. The van der Waals surface area contributed by atoms with Gasteiger partial charge in [-0.2, -0.15) is 4.72 Å². The van der Waals surface area contributed by atoms with Gasteiger partial charge >= 0.3 is 0 Å². The topological polar surface area (TPSA) is 75.3 Å². The van der Waals surface area contributed by atoms with Gasteiger partial charge in [-0.25, -0.2) is 8.42 Å². The molecule has 0 spiro atoms. The summed E-state index contributed by atoms with van der Waals surface area (Å²) in [7, 11) is -3.27. The zero-order valence-corrected chi connectivity index (χ0v) is 9.04. The zero-order valence-electron chi connectivity index (χ0n) is 8.23. The minimum atomic E-state index is -3.27. The number of rotatable bonds is 4. The summed E-state index contributed by atoms with van der Waals surface area (Å²) >= 11 is 0. The minimum absolute atomic E-state index is 0.105. The molecule has 0 aliphatic rings. The van der Waals surface area contributed by atoms with E-state index in [0.717, 1.165) is 6.26 Å². The highest BCUT2D eigenvalue weighted by atomic mass is 32.2. The summed E-state index contributed by atoms with van der Waals surface area (Å²) in [4.78, 5) is 11.4. The predicted octanol–water partition coefficient (Wildman–Crippen LogP) is -0.0769. The maximum absolute atomic E-state index is 11.4. The first kappa shape index (κ1) is 11.7. The number of carbonyl (C=O) groups is 1. The fourth-order valence-corrected chi connectivity index (χ4v) is 1.27. The van der Waals surface area contributed by atoms with E-state index < -0.39 is 10.0 Å². The fraction of sp³-hybridized carbons (Fsp3) is 0.222. The van der Waals surface area contributed by atoms with E-state index in [-0.39, 0.29) is 12.6 Å². The molecular formula is C9H12N2O3S. The monoisotopic (exact) mass is 228 g/mol. The van der Waals surface area contributed by atoms with Gasteiger partial charge in [0.15, 0.2) is 0 Å². The van der Waals surface area contributed by atoms with E-state index in [4.69, 9.17) is 0 Å². The van der Waals surface area contributed by atoms with Gasteiger partial charge < -0.3 is 5.32 Å². The quantitative estimate of drug-likeness (QED) is 0.708. The van der Waals surface area contributed by atoms with Gasteiger partial charge in [-0.05, 0) is 12.1 Å². The Morgan fingerprint density at radius 1 is 1.27 bits per heavy atom. The van der Waals surface area contributed by atoms with Crippen LogP contribution in [0.25, 0.3) is 0 Å². The lowest BCUT2D eigenvalue weighted by Crippen LogP contribution is -2.36. The van der Waals surface area contributed by atoms with Crippen LogP contribution in [0.3, 0.4) is 0 Å². The summed E-state index contributed by atoms with van der Waals surface area (Å²) in [5.74, 6) is -0.313. The van der Waals surface area contributed by atoms with Gasteiger partial charge in [-0.1, -0.05) is 18.2 Å². The molecule has 15 heavy (non-hydrogen) atoms. The largest absolute Gasteiger partial charge is 0.338 e. The van der Waals surface area contributed by atoms with Crippen LogP contribution in [0.2, 0.25) is 0 Å². The second-order valence-corrected chi connectivity index (χ2v) is 4.80. The molecule has 0 radical (unpaired) electrons.